The average Bonchev–Trinajstić information content (AvgIpc) is 3.28. The van der Waals surface area contributed by atoms with E-state index in [2.05, 4.69) is 40.3 Å². The molecule has 0 radical (unpaired) electrons. The highest BCUT2D eigenvalue weighted by atomic mass is 16.5. The molecule has 1 N–H and O–H groups in total. The molecule has 162 valence electrons. The number of aromatic nitrogens is 3. The predicted molar refractivity (Wildman–Crippen MR) is 122 cm³/mol. The van der Waals surface area contributed by atoms with Crippen LogP contribution < -0.4 is 15.0 Å². The maximum absolute atomic E-state index is 5.52. The molecule has 0 aliphatic carbocycles. The number of aryl methyl sites for hydroxylation is 1. The second-order valence-corrected chi connectivity index (χ2v) is 8.42. The van der Waals surface area contributed by atoms with Crippen molar-refractivity contribution < 1.29 is 9.47 Å². The average molecular weight is 420 g/mol. The lowest BCUT2D eigenvalue weighted by atomic mass is 9.96. The highest BCUT2D eigenvalue weighted by Gasteiger charge is 2.26. The molecule has 1 aromatic carbocycles. The Balaban J connectivity index is 1.30. The first-order valence-corrected chi connectivity index (χ1v) is 11.1. The molecule has 0 amide bonds. The Morgan fingerprint density at radius 2 is 2.00 bits per heavy atom. The van der Waals surface area contributed by atoms with E-state index in [1.807, 2.05) is 18.3 Å². The smallest absolute Gasteiger partial charge is 0.225 e. The Morgan fingerprint density at radius 1 is 1.13 bits per heavy atom. The third-order valence-corrected chi connectivity index (χ3v) is 6.36. The van der Waals surface area contributed by atoms with Crippen molar-refractivity contribution in [1.29, 1.82) is 0 Å². The molecule has 4 heterocycles. The van der Waals surface area contributed by atoms with Crippen LogP contribution in [0, 0.1) is 6.92 Å². The van der Waals surface area contributed by atoms with Crippen molar-refractivity contribution in [2.75, 3.05) is 43.6 Å². The van der Waals surface area contributed by atoms with Crippen LogP contribution in [0.1, 0.15) is 36.4 Å². The highest BCUT2D eigenvalue weighted by Crippen LogP contribution is 2.30. The Labute approximate surface area is 182 Å². The predicted octanol–water partition coefficient (Wildman–Crippen LogP) is 3.93. The van der Waals surface area contributed by atoms with Crippen molar-refractivity contribution in [1.82, 2.24) is 15.0 Å². The fourth-order valence-corrected chi connectivity index (χ4v) is 4.63. The lowest BCUT2D eigenvalue weighted by Gasteiger charge is -2.23. The van der Waals surface area contributed by atoms with Crippen LogP contribution in [0.25, 0.3) is 10.9 Å². The zero-order valence-corrected chi connectivity index (χ0v) is 18.2. The summed E-state index contributed by atoms with van der Waals surface area (Å²) in [5, 5.41) is 4.74. The van der Waals surface area contributed by atoms with Crippen LogP contribution in [0.4, 0.5) is 11.8 Å². The van der Waals surface area contributed by atoms with Crippen molar-refractivity contribution in [3.63, 3.8) is 0 Å². The van der Waals surface area contributed by atoms with Gasteiger partial charge < -0.3 is 19.7 Å². The van der Waals surface area contributed by atoms with Crippen LogP contribution in [-0.4, -0.2) is 54.4 Å². The molecule has 7 heteroatoms. The van der Waals surface area contributed by atoms with Crippen molar-refractivity contribution >= 4 is 22.7 Å². The van der Waals surface area contributed by atoms with Gasteiger partial charge in [0.15, 0.2) is 0 Å². The second-order valence-electron chi connectivity index (χ2n) is 8.42. The number of rotatable bonds is 5. The van der Waals surface area contributed by atoms with E-state index in [0.717, 1.165) is 79.7 Å². The molecule has 2 aliphatic heterocycles. The Kier molecular flexibility index (Phi) is 5.59. The van der Waals surface area contributed by atoms with Gasteiger partial charge >= 0.3 is 0 Å². The first-order chi connectivity index (χ1) is 15.2. The van der Waals surface area contributed by atoms with E-state index in [4.69, 9.17) is 19.4 Å². The third-order valence-electron chi connectivity index (χ3n) is 6.36. The molecule has 5 rings (SSSR count). The van der Waals surface area contributed by atoms with Gasteiger partial charge in [-0.05, 0) is 49.9 Å². The van der Waals surface area contributed by atoms with Gasteiger partial charge in [-0.25, -0.2) is 15.0 Å². The van der Waals surface area contributed by atoms with Gasteiger partial charge in [0, 0.05) is 55.5 Å². The van der Waals surface area contributed by atoms with Gasteiger partial charge in [-0.3, -0.25) is 0 Å². The maximum atomic E-state index is 5.52. The molecule has 2 saturated heterocycles. The van der Waals surface area contributed by atoms with E-state index >= 15 is 0 Å². The standard InChI is InChI=1S/C24H29N5O2/c1-16-14-22(28-23-19(16)4-3-5-21(23)30-2)26-18-7-11-29(15-18)24-25-10-6-20(27-24)17-8-12-31-13-9-17/h3-6,10,14,17-18H,7-9,11-13,15H2,1-2H3,(H,26,28). The minimum Gasteiger partial charge on any atom is -0.494 e. The molecule has 1 atom stereocenters. The summed E-state index contributed by atoms with van der Waals surface area (Å²) in [6.07, 6.45) is 5.00. The molecule has 0 bridgehead atoms. The summed E-state index contributed by atoms with van der Waals surface area (Å²) in [4.78, 5) is 16.6. The van der Waals surface area contributed by atoms with Gasteiger partial charge in [-0.1, -0.05) is 12.1 Å². The summed E-state index contributed by atoms with van der Waals surface area (Å²) in [5.41, 5.74) is 3.23. The molecule has 0 saturated carbocycles. The van der Waals surface area contributed by atoms with Crippen LogP contribution >= 0.6 is 0 Å². The monoisotopic (exact) mass is 419 g/mol. The largest absolute Gasteiger partial charge is 0.494 e. The van der Waals surface area contributed by atoms with E-state index in [-0.39, 0.29) is 0 Å². The molecular formula is C24H29N5O2. The van der Waals surface area contributed by atoms with E-state index in [1.165, 1.54) is 5.56 Å². The first-order valence-electron chi connectivity index (χ1n) is 11.1. The van der Waals surface area contributed by atoms with E-state index in [0.29, 0.717) is 12.0 Å². The lowest BCUT2D eigenvalue weighted by Crippen LogP contribution is -2.28. The highest BCUT2D eigenvalue weighted by molar-refractivity contribution is 5.88. The van der Waals surface area contributed by atoms with Crippen LogP contribution in [0.2, 0.25) is 0 Å². The number of pyridine rings is 1. The molecule has 7 nitrogen and oxygen atoms in total. The maximum Gasteiger partial charge on any atom is 0.225 e. The normalized spacial score (nSPS) is 19.7. The molecular weight excluding hydrogens is 390 g/mol. The molecule has 1 unspecified atom stereocenters. The van der Waals surface area contributed by atoms with Crippen molar-refractivity contribution in [3.05, 3.63) is 47.8 Å². The number of hydrogen-bond donors (Lipinski definition) is 1. The Morgan fingerprint density at radius 3 is 2.84 bits per heavy atom. The lowest BCUT2D eigenvalue weighted by molar-refractivity contribution is 0.0845. The number of methoxy groups -OCH3 is 1. The summed E-state index contributed by atoms with van der Waals surface area (Å²) in [6.45, 7) is 5.56. The number of para-hydroxylation sites is 1. The molecule has 2 aromatic heterocycles. The van der Waals surface area contributed by atoms with Crippen molar-refractivity contribution in [3.8, 4) is 5.75 Å². The fraction of sp³-hybridized carbons (Fsp3) is 0.458. The zero-order valence-electron chi connectivity index (χ0n) is 18.2. The summed E-state index contributed by atoms with van der Waals surface area (Å²) in [7, 11) is 1.69. The number of nitrogens with one attached hydrogen (secondary N) is 1. The zero-order chi connectivity index (χ0) is 21.2. The van der Waals surface area contributed by atoms with Gasteiger partial charge in [0.05, 0.1) is 7.11 Å². The van der Waals surface area contributed by atoms with Crippen LogP contribution in [0.15, 0.2) is 36.5 Å². The van der Waals surface area contributed by atoms with Crippen molar-refractivity contribution in [2.45, 2.75) is 38.1 Å². The molecule has 0 spiro atoms. The fourth-order valence-electron chi connectivity index (χ4n) is 4.63. The second kappa shape index (κ2) is 8.67. The minimum atomic E-state index is 0.300. The summed E-state index contributed by atoms with van der Waals surface area (Å²) < 4.78 is 11.0. The van der Waals surface area contributed by atoms with Gasteiger partial charge in [-0.2, -0.15) is 0 Å². The topological polar surface area (TPSA) is 72.4 Å². The number of fused-ring (bicyclic) bond motifs is 1. The quantitative estimate of drug-likeness (QED) is 0.672. The van der Waals surface area contributed by atoms with Crippen molar-refractivity contribution in [2.24, 2.45) is 0 Å². The third kappa shape index (κ3) is 4.14. The molecule has 31 heavy (non-hydrogen) atoms. The number of hydrogen-bond acceptors (Lipinski definition) is 7. The Hall–Kier alpha value is -2.93. The van der Waals surface area contributed by atoms with Crippen LogP contribution in [0.3, 0.4) is 0 Å². The van der Waals surface area contributed by atoms with Crippen LogP contribution in [0.5, 0.6) is 5.75 Å². The molecule has 2 fully saturated rings. The summed E-state index contributed by atoms with van der Waals surface area (Å²) in [6, 6.07) is 10.5. The first kappa shape index (κ1) is 20.0. The number of ether oxygens (including phenoxy) is 2. The van der Waals surface area contributed by atoms with Gasteiger partial charge in [-0.15, -0.1) is 0 Å². The van der Waals surface area contributed by atoms with Crippen LogP contribution in [-0.2, 0) is 4.74 Å². The SMILES string of the molecule is COc1cccc2c(C)cc(NC3CCN(c4nccc(C5CCOCC5)n4)C3)nc12. The van der Waals surface area contributed by atoms with E-state index < -0.39 is 0 Å². The van der Waals surface area contributed by atoms with E-state index in [1.54, 1.807) is 7.11 Å². The minimum absolute atomic E-state index is 0.300. The summed E-state index contributed by atoms with van der Waals surface area (Å²) >= 11 is 0. The molecule has 2 aliphatic rings. The number of benzene rings is 1. The number of anilines is 2. The summed E-state index contributed by atoms with van der Waals surface area (Å²) in [5.74, 6) is 3.00. The van der Waals surface area contributed by atoms with Gasteiger partial charge in [0.2, 0.25) is 5.95 Å². The van der Waals surface area contributed by atoms with Gasteiger partial charge in [0.25, 0.3) is 0 Å². The van der Waals surface area contributed by atoms with Gasteiger partial charge in [0.1, 0.15) is 17.1 Å². The van der Waals surface area contributed by atoms with E-state index in [9.17, 15) is 0 Å². The number of nitrogens with zero attached hydrogens (tertiary/aromatic N) is 4. The molecule has 3 aromatic rings. The Bertz CT molecular complexity index is 1070.